The number of hydrogen-bond donors (Lipinski definition) is 0. The Morgan fingerprint density at radius 1 is 0.968 bits per heavy atom. The lowest BCUT2D eigenvalue weighted by molar-refractivity contribution is 0.0985. The highest BCUT2D eigenvalue weighted by Gasteiger charge is 2.29. The van der Waals surface area contributed by atoms with Crippen LogP contribution in [-0.2, 0) is 16.4 Å². The molecule has 166 valence electrons. The molecule has 0 N–H and O–H groups in total. The van der Waals surface area contributed by atoms with Crippen molar-refractivity contribution in [2.24, 2.45) is 0 Å². The summed E-state index contributed by atoms with van der Waals surface area (Å²) in [6.45, 7) is 7.33. The Labute approximate surface area is 185 Å². The van der Waals surface area contributed by atoms with Gasteiger partial charge in [0, 0.05) is 44.0 Å². The second kappa shape index (κ2) is 8.73. The molecule has 0 radical (unpaired) electrons. The van der Waals surface area contributed by atoms with E-state index >= 15 is 0 Å². The summed E-state index contributed by atoms with van der Waals surface area (Å²) in [5, 5.41) is 0. The van der Waals surface area contributed by atoms with Crippen molar-refractivity contribution in [2.45, 2.75) is 37.5 Å². The van der Waals surface area contributed by atoms with E-state index in [0.717, 1.165) is 18.5 Å². The molecule has 2 aliphatic heterocycles. The monoisotopic (exact) mass is 441 g/mol. The molecule has 6 nitrogen and oxygen atoms in total. The Kier molecular flexibility index (Phi) is 6.19. The molecule has 0 saturated carbocycles. The van der Waals surface area contributed by atoms with Crippen molar-refractivity contribution in [3.05, 3.63) is 59.2 Å². The van der Waals surface area contributed by atoms with Crippen molar-refractivity contribution < 1.29 is 13.2 Å². The smallest absolute Gasteiger partial charge is 0.258 e. The first-order valence-corrected chi connectivity index (χ1v) is 12.4. The maximum atomic E-state index is 13.4. The van der Waals surface area contributed by atoms with Gasteiger partial charge in [-0.25, -0.2) is 8.42 Å². The summed E-state index contributed by atoms with van der Waals surface area (Å²) in [7, 11) is -1.62. The van der Waals surface area contributed by atoms with Crippen LogP contribution in [0.15, 0.2) is 47.4 Å². The van der Waals surface area contributed by atoms with Gasteiger partial charge in [-0.15, -0.1) is 0 Å². The fourth-order valence-corrected chi connectivity index (χ4v) is 5.78. The standard InChI is InChI=1S/C24H31N3O3S/c1-18(2)19-9-10-23-20(16-19)7-5-11-27(23)24(28)21-6-4-8-22(17-21)31(29,30)26-14-12-25(3)13-15-26/h4,6,8-10,16-18H,5,7,11-15H2,1-3H3. The third kappa shape index (κ3) is 4.40. The molecule has 0 bridgehead atoms. The number of aryl methyl sites for hydroxylation is 1. The van der Waals surface area contributed by atoms with Crippen LogP contribution in [0.1, 0.15) is 47.7 Å². The van der Waals surface area contributed by atoms with Gasteiger partial charge in [-0.3, -0.25) is 4.79 Å². The van der Waals surface area contributed by atoms with E-state index in [9.17, 15) is 13.2 Å². The molecule has 2 aromatic carbocycles. The summed E-state index contributed by atoms with van der Waals surface area (Å²) < 4.78 is 27.8. The summed E-state index contributed by atoms with van der Waals surface area (Å²) >= 11 is 0. The van der Waals surface area contributed by atoms with Crippen molar-refractivity contribution in [3.63, 3.8) is 0 Å². The van der Waals surface area contributed by atoms with Crippen molar-refractivity contribution in [1.82, 2.24) is 9.21 Å². The van der Waals surface area contributed by atoms with Gasteiger partial charge in [0.25, 0.3) is 5.91 Å². The van der Waals surface area contributed by atoms with Gasteiger partial charge in [0.15, 0.2) is 0 Å². The van der Waals surface area contributed by atoms with Gasteiger partial charge in [-0.1, -0.05) is 32.0 Å². The Morgan fingerprint density at radius 2 is 1.71 bits per heavy atom. The lowest BCUT2D eigenvalue weighted by Crippen LogP contribution is -2.47. The molecular formula is C24H31N3O3S. The number of rotatable bonds is 4. The number of likely N-dealkylation sites (N-methyl/N-ethyl adjacent to an activating group) is 1. The molecule has 7 heteroatoms. The number of carbonyl (C=O) groups is 1. The van der Waals surface area contributed by atoms with E-state index in [1.807, 2.05) is 13.1 Å². The Morgan fingerprint density at radius 3 is 2.42 bits per heavy atom. The molecule has 1 amide bonds. The number of carbonyl (C=O) groups excluding carboxylic acids is 1. The second-order valence-electron chi connectivity index (χ2n) is 8.84. The van der Waals surface area contributed by atoms with Crippen LogP contribution >= 0.6 is 0 Å². The first kappa shape index (κ1) is 22.0. The topological polar surface area (TPSA) is 60.9 Å². The average Bonchev–Trinajstić information content (AvgIpc) is 2.78. The zero-order valence-corrected chi connectivity index (χ0v) is 19.4. The summed E-state index contributed by atoms with van der Waals surface area (Å²) in [6.07, 6.45) is 1.86. The minimum absolute atomic E-state index is 0.145. The first-order chi connectivity index (χ1) is 14.8. The van der Waals surface area contributed by atoms with Crippen LogP contribution in [0.4, 0.5) is 5.69 Å². The van der Waals surface area contributed by atoms with Crippen LogP contribution in [-0.4, -0.2) is 63.3 Å². The quantitative estimate of drug-likeness (QED) is 0.730. The second-order valence-corrected chi connectivity index (χ2v) is 10.8. The van der Waals surface area contributed by atoms with Crippen LogP contribution < -0.4 is 4.90 Å². The molecule has 2 aromatic rings. The van der Waals surface area contributed by atoms with Crippen molar-refractivity contribution in [3.8, 4) is 0 Å². The van der Waals surface area contributed by atoms with Crippen molar-refractivity contribution in [1.29, 1.82) is 0 Å². The Balaban J connectivity index is 1.61. The van der Waals surface area contributed by atoms with E-state index < -0.39 is 10.0 Å². The summed E-state index contributed by atoms with van der Waals surface area (Å²) in [5.74, 6) is 0.293. The highest BCUT2D eigenvalue weighted by atomic mass is 32.2. The third-order valence-electron chi connectivity index (χ3n) is 6.32. The van der Waals surface area contributed by atoms with Gasteiger partial charge in [0.05, 0.1) is 4.90 Å². The third-order valence-corrected chi connectivity index (χ3v) is 8.21. The zero-order valence-electron chi connectivity index (χ0n) is 18.5. The maximum Gasteiger partial charge on any atom is 0.258 e. The van der Waals surface area contributed by atoms with E-state index in [0.29, 0.717) is 44.2 Å². The average molecular weight is 442 g/mol. The summed E-state index contributed by atoms with van der Waals surface area (Å²) in [6, 6.07) is 12.8. The van der Waals surface area contributed by atoms with Crippen LogP contribution in [0, 0.1) is 0 Å². The van der Waals surface area contributed by atoms with Gasteiger partial charge in [-0.05, 0) is 61.2 Å². The predicted octanol–water partition coefficient (Wildman–Crippen LogP) is 3.34. The number of fused-ring (bicyclic) bond motifs is 1. The number of piperazine rings is 1. The molecule has 0 unspecified atom stereocenters. The van der Waals surface area contributed by atoms with E-state index in [1.165, 1.54) is 21.5 Å². The van der Waals surface area contributed by atoms with Crippen LogP contribution in [0.3, 0.4) is 0 Å². The molecule has 0 spiro atoms. The molecule has 2 aliphatic rings. The molecule has 4 rings (SSSR count). The maximum absolute atomic E-state index is 13.4. The fraction of sp³-hybridized carbons (Fsp3) is 0.458. The largest absolute Gasteiger partial charge is 0.308 e. The van der Waals surface area contributed by atoms with E-state index in [2.05, 4.69) is 30.9 Å². The minimum Gasteiger partial charge on any atom is -0.308 e. The van der Waals surface area contributed by atoms with Gasteiger partial charge >= 0.3 is 0 Å². The number of nitrogens with zero attached hydrogens (tertiary/aromatic N) is 3. The molecule has 0 aliphatic carbocycles. The normalized spacial score (nSPS) is 18.3. The summed E-state index contributed by atoms with van der Waals surface area (Å²) in [4.78, 5) is 17.5. The van der Waals surface area contributed by atoms with E-state index in [-0.39, 0.29) is 10.8 Å². The lowest BCUT2D eigenvalue weighted by atomic mass is 9.94. The fourth-order valence-electron chi connectivity index (χ4n) is 4.31. The SMILES string of the molecule is CC(C)c1ccc2c(c1)CCCN2C(=O)c1cccc(S(=O)(=O)N2CCN(C)CC2)c1. The predicted molar refractivity (Wildman–Crippen MR) is 123 cm³/mol. The van der Waals surface area contributed by atoms with Gasteiger partial charge in [-0.2, -0.15) is 4.31 Å². The van der Waals surface area contributed by atoms with Gasteiger partial charge < -0.3 is 9.80 Å². The minimum atomic E-state index is -3.61. The molecule has 1 fully saturated rings. The highest BCUT2D eigenvalue weighted by Crippen LogP contribution is 2.31. The summed E-state index contributed by atoms with van der Waals surface area (Å²) in [5.41, 5.74) is 3.81. The molecule has 0 atom stereocenters. The van der Waals surface area contributed by atoms with E-state index in [1.54, 1.807) is 23.1 Å². The highest BCUT2D eigenvalue weighted by molar-refractivity contribution is 7.89. The first-order valence-electron chi connectivity index (χ1n) is 11.0. The van der Waals surface area contributed by atoms with Crippen LogP contribution in [0.2, 0.25) is 0 Å². The van der Waals surface area contributed by atoms with Crippen molar-refractivity contribution >= 4 is 21.6 Å². The lowest BCUT2D eigenvalue weighted by Gasteiger charge is -2.32. The number of hydrogen-bond acceptors (Lipinski definition) is 4. The number of anilines is 1. The molecule has 31 heavy (non-hydrogen) atoms. The molecular weight excluding hydrogens is 410 g/mol. The molecule has 0 aromatic heterocycles. The molecule has 1 saturated heterocycles. The van der Waals surface area contributed by atoms with Gasteiger partial charge in [0.2, 0.25) is 10.0 Å². The molecule has 2 heterocycles. The van der Waals surface area contributed by atoms with Crippen LogP contribution in [0.25, 0.3) is 0 Å². The Bertz CT molecular complexity index is 1070. The zero-order chi connectivity index (χ0) is 22.2. The number of amides is 1. The Hall–Kier alpha value is -2.22. The number of benzene rings is 2. The van der Waals surface area contributed by atoms with Crippen LogP contribution in [0.5, 0.6) is 0 Å². The van der Waals surface area contributed by atoms with Gasteiger partial charge in [0.1, 0.15) is 0 Å². The van der Waals surface area contributed by atoms with Crippen molar-refractivity contribution in [2.75, 3.05) is 44.7 Å². The van der Waals surface area contributed by atoms with E-state index in [4.69, 9.17) is 0 Å². The number of sulfonamides is 1.